The number of hydrogen-bond donors (Lipinski definition) is 0. The molecular weight excluding hydrogens is 170 g/mol. The van der Waals surface area contributed by atoms with Crippen LogP contribution in [0.25, 0.3) is 0 Å². The summed E-state index contributed by atoms with van der Waals surface area (Å²) in [6, 6.07) is 0. The van der Waals surface area contributed by atoms with Gasteiger partial charge in [0.05, 0.1) is 0 Å². The summed E-state index contributed by atoms with van der Waals surface area (Å²) >= 11 is 0. The summed E-state index contributed by atoms with van der Waals surface area (Å²) in [4.78, 5) is 3.85. The number of rotatable bonds is 3. The zero-order valence-corrected chi connectivity index (χ0v) is 8.90. The molecule has 2 aliphatic carbocycles. The summed E-state index contributed by atoms with van der Waals surface area (Å²) < 4.78 is 0. The molecule has 1 heteroatoms. The van der Waals surface area contributed by atoms with E-state index >= 15 is 0 Å². The van der Waals surface area contributed by atoms with E-state index < -0.39 is 0 Å². The molecule has 0 aromatic rings. The predicted molar refractivity (Wildman–Crippen MR) is 61.3 cm³/mol. The summed E-state index contributed by atoms with van der Waals surface area (Å²) in [5.74, 6) is 2.69. The lowest BCUT2D eigenvalue weighted by molar-refractivity contribution is 0.752. The fourth-order valence-corrected chi connectivity index (χ4v) is 2.46. The molecule has 14 heavy (non-hydrogen) atoms. The molecule has 74 valence electrons. The van der Waals surface area contributed by atoms with E-state index in [1.54, 1.807) is 0 Å². The van der Waals surface area contributed by atoms with Gasteiger partial charge in [0.1, 0.15) is 0 Å². The van der Waals surface area contributed by atoms with Gasteiger partial charge in [0, 0.05) is 6.20 Å². The third-order valence-corrected chi connectivity index (χ3v) is 3.43. The Morgan fingerprint density at radius 1 is 1.64 bits per heavy atom. The predicted octanol–water partition coefficient (Wildman–Crippen LogP) is 3.36. The van der Waals surface area contributed by atoms with Crippen molar-refractivity contribution < 1.29 is 0 Å². The molecule has 1 nitrogen and oxygen atoms in total. The molecule has 0 radical (unpaired) electrons. The van der Waals surface area contributed by atoms with Crippen LogP contribution in [0.5, 0.6) is 0 Å². The Labute approximate surface area is 85.9 Å². The first kappa shape index (κ1) is 9.45. The van der Waals surface area contributed by atoms with E-state index in [-0.39, 0.29) is 0 Å². The first-order chi connectivity index (χ1) is 6.77. The van der Waals surface area contributed by atoms with Gasteiger partial charge in [-0.2, -0.15) is 0 Å². The summed E-state index contributed by atoms with van der Waals surface area (Å²) in [7, 11) is 0. The minimum Gasteiger partial charge on any atom is -0.272 e. The van der Waals surface area contributed by atoms with E-state index in [1.165, 1.54) is 17.6 Å². The van der Waals surface area contributed by atoms with Crippen molar-refractivity contribution in [3.63, 3.8) is 0 Å². The number of allylic oxidation sites excluding steroid dienone is 5. The molecule has 0 N–H and O–H groups in total. The average Bonchev–Trinajstić information content (AvgIpc) is 2.67. The zero-order valence-electron chi connectivity index (χ0n) is 8.90. The van der Waals surface area contributed by atoms with Crippen LogP contribution in [-0.2, 0) is 0 Å². The van der Waals surface area contributed by atoms with Crippen molar-refractivity contribution in [1.82, 2.24) is 0 Å². The minimum atomic E-state index is 0.850. The van der Waals surface area contributed by atoms with Crippen LogP contribution in [0.1, 0.15) is 20.3 Å². The molecule has 3 atom stereocenters. The van der Waals surface area contributed by atoms with Gasteiger partial charge in [0.2, 0.25) is 0 Å². The van der Waals surface area contributed by atoms with Gasteiger partial charge in [-0.25, -0.2) is 0 Å². The van der Waals surface area contributed by atoms with Crippen LogP contribution < -0.4 is 0 Å². The largest absolute Gasteiger partial charge is 0.272 e. The molecule has 0 amide bonds. The van der Waals surface area contributed by atoms with E-state index in [2.05, 4.69) is 36.9 Å². The van der Waals surface area contributed by atoms with E-state index in [1.807, 2.05) is 13.1 Å². The second-order valence-corrected chi connectivity index (χ2v) is 4.26. The van der Waals surface area contributed by atoms with Crippen molar-refractivity contribution in [2.45, 2.75) is 20.3 Å². The number of aliphatic imine (C=N–C) groups is 1. The molecule has 0 heterocycles. The molecular formula is C13H17N. The quantitative estimate of drug-likeness (QED) is 0.474. The second kappa shape index (κ2) is 3.56. The van der Waals surface area contributed by atoms with E-state index in [0.29, 0.717) is 0 Å². The highest BCUT2D eigenvalue weighted by Gasteiger charge is 2.49. The van der Waals surface area contributed by atoms with E-state index in [4.69, 9.17) is 0 Å². The van der Waals surface area contributed by atoms with Crippen molar-refractivity contribution >= 4 is 6.72 Å². The van der Waals surface area contributed by atoms with Crippen LogP contribution in [0.4, 0.5) is 0 Å². The fourth-order valence-electron chi connectivity index (χ4n) is 2.46. The van der Waals surface area contributed by atoms with Crippen molar-refractivity contribution in [1.29, 1.82) is 0 Å². The second-order valence-electron chi connectivity index (χ2n) is 4.26. The normalized spacial score (nSPS) is 35.7. The van der Waals surface area contributed by atoms with Gasteiger partial charge in [0.15, 0.2) is 0 Å². The standard InChI is InChI=1S/C13H17N/c1-4-5-10(8-14-3)11-6-12-9(2)13(12)7-11/h4-6,8-9,12-13H,3,7H2,1-2H3/b5-4-,10-8+. The Morgan fingerprint density at radius 2 is 2.43 bits per heavy atom. The van der Waals surface area contributed by atoms with Gasteiger partial charge in [-0.15, -0.1) is 0 Å². The maximum atomic E-state index is 3.85. The van der Waals surface area contributed by atoms with E-state index in [0.717, 1.165) is 17.8 Å². The molecule has 0 bridgehead atoms. The van der Waals surface area contributed by atoms with E-state index in [9.17, 15) is 0 Å². The minimum absolute atomic E-state index is 0.850. The van der Waals surface area contributed by atoms with Crippen LogP contribution in [-0.4, -0.2) is 6.72 Å². The van der Waals surface area contributed by atoms with Crippen molar-refractivity contribution in [3.05, 3.63) is 35.6 Å². The van der Waals surface area contributed by atoms with Gasteiger partial charge in [-0.05, 0) is 49.0 Å². The lowest BCUT2D eigenvalue weighted by Gasteiger charge is -2.04. The molecule has 3 unspecified atom stereocenters. The Bertz CT molecular complexity index is 333. The van der Waals surface area contributed by atoms with Crippen LogP contribution in [0.2, 0.25) is 0 Å². The summed E-state index contributed by atoms with van der Waals surface area (Å²) in [6.45, 7) is 7.89. The highest BCUT2D eigenvalue weighted by Crippen LogP contribution is 2.56. The zero-order chi connectivity index (χ0) is 10.1. The van der Waals surface area contributed by atoms with Gasteiger partial charge in [-0.3, -0.25) is 4.99 Å². The van der Waals surface area contributed by atoms with Crippen LogP contribution >= 0.6 is 0 Å². The first-order valence-electron chi connectivity index (χ1n) is 5.27. The fraction of sp³-hybridized carbons (Fsp3) is 0.462. The maximum absolute atomic E-state index is 3.85. The highest BCUT2D eigenvalue weighted by atomic mass is 14.6. The van der Waals surface area contributed by atoms with Crippen molar-refractivity contribution in [2.24, 2.45) is 22.7 Å². The summed E-state index contributed by atoms with van der Waals surface area (Å²) in [6.07, 6.45) is 9.70. The van der Waals surface area contributed by atoms with Gasteiger partial charge >= 0.3 is 0 Å². The Hall–Kier alpha value is -1.11. The first-order valence-corrected chi connectivity index (χ1v) is 5.27. The third-order valence-electron chi connectivity index (χ3n) is 3.43. The summed E-state index contributed by atoms with van der Waals surface area (Å²) in [5, 5.41) is 0. The van der Waals surface area contributed by atoms with Crippen molar-refractivity contribution in [2.75, 3.05) is 0 Å². The molecule has 2 rings (SSSR count). The lowest BCUT2D eigenvalue weighted by atomic mass is 10.0. The monoisotopic (exact) mass is 187 g/mol. The smallest absolute Gasteiger partial charge is 0.0335 e. The molecule has 0 aromatic heterocycles. The SMILES string of the molecule is C=N/C=C(\C=C/C)C1=CC2C(C)C2C1. The van der Waals surface area contributed by atoms with Gasteiger partial charge < -0.3 is 0 Å². The Morgan fingerprint density at radius 3 is 2.93 bits per heavy atom. The van der Waals surface area contributed by atoms with Crippen LogP contribution in [0.15, 0.2) is 40.6 Å². The average molecular weight is 187 g/mol. The number of fused-ring (bicyclic) bond motifs is 1. The maximum Gasteiger partial charge on any atom is 0.0335 e. The molecule has 1 fully saturated rings. The van der Waals surface area contributed by atoms with Crippen LogP contribution in [0.3, 0.4) is 0 Å². The highest BCUT2D eigenvalue weighted by molar-refractivity contribution is 5.46. The number of hydrogen-bond acceptors (Lipinski definition) is 1. The topological polar surface area (TPSA) is 12.4 Å². The molecule has 2 aliphatic rings. The molecule has 0 saturated heterocycles. The molecule has 0 aliphatic heterocycles. The Balaban J connectivity index is 2.14. The number of nitrogens with zero attached hydrogens (tertiary/aromatic N) is 1. The molecule has 0 spiro atoms. The third kappa shape index (κ3) is 1.47. The molecule has 1 saturated carbocycles. The van der Waals surface area contributed by atoms with Crippen LogP contribution in [0, 0.1) is 17.8 Å². The Kier molecular flexibility index (Phi) is 2.40. The lowest BCUT2D eigenvalue weighted by Crippen LogP contribution is -1.88. The van der Waals surface area contributed by atoms with Gasteiger partial charge in [-0.1, -0.05) is 25.2 Å². The summed E-state index contributed by atoms with van der Waals surface area (Å²) in [5.41, 5.74) is 2.70. The van der Waals surface area contributed by atoms with Crippen molar-refractivity contribution in [3.8, 4) is 0 Å². The van der Waals surface area contributed by atoms with Gasteiger partial charge in [0.25, 0.3) is 0 Å². The molecule has 0 aromatic carbocycles.